The van der Waals surface area contributed by atoms with Crippen molar-refractivity contribution in [3.8, 4) is 0 Å². The largest absolute Gasteiger partial charge is 0.416 e. The molecule has 78 valence electrons. The molecule has 14 heavy (non-hydrogen) atoms. The molecule has 0 aliphatic rings. The predicted octanol–water partition coefficient (Wildman–Crippen LogP) is 4.26. The number of hydrogen-bond donors (Lipinski definition) is 0. The molecule has 0 unspecified atom stereocenters. The van der Waals surface area contributed by atoms with E-state index < -0.39 is 11.7 Å². The van der Waals surface area contributed by atoms with Crippen LogP contribution in [0.5, 0.6) is 0 Å². The first kappa shape index (κ1) is 11.8. The van der Waals surface area contributed by atoms with E-state index in [0.717, 1.165) is 6.42 Å². The summed E-state index contributed by atoms with van der Waals surface area (Å²) in [4.78, 5) is 0. The van der Waals surface area contributed by atoms with E-state index in [-0.39, 0.29) is 0 Å². The summed E-state index contributed by atoms with van der Waals surface area (Å²) in [7, 11) is 0. The second-order valence-corrected chi connectivity index (χ2v) is 4.29. The molecular formula is C10H10F3I. The Bertz CT molecular complexity index is 318. The average molecular weight is 314 g/mol. The molecule has 1 aromatic carbocycles. The summed E-state index contributed by atoms with van der Waals surface area (Å²) < 4.78 is 38.3. The van der Waals surface area contributed by atoms with Crippen molar-refractivity contribution in [2.24, 2.45) is 0 Å². The van der Waals surface area contributed by atoms with Crippen molar-refractivity contribution in [1.82, 2.24) is 0 Å². The maximum absolute atomic E-state index is 12.5. The highest BCUT2D eigenvalue weighted by atomic mass is 127. The Balaban J connectivity index is 3.16. The van der Waals surface area contributed by atoms with Gasteiger partial charge in [0.15, 0.2) is 0 Å². The zero-order valence-corrected chi connectivity index (χ0v) is 9.82. The van der Waals surface area contributed by atoms with Crippen LogP contribution in [0.15, 0.2) is 18.2 Å². The second kappa shape index (κ2) is 4.51. The first-order valence-electron chi connectivity index (χ1n) is 4.30. The minimum Gasteiger partial charge on any atom is -0.166 e. The molecule has 0 bridgehead atoms. The van der Waals surface area contributed by atoms with E-state index in [9.17, 15) is 13.2 Å². The lowest BCUT2D eigenvalue weighted by Gasteiger charge is -2.12. The van der Waals surface area contributed by atoms with Gasteiger partial charge in [0.05, 0.1) is 5.56 Å². The lowest BCUT2D eigenvalue weighted by molar-refractivity contribution is -0.138. The summed E-state index contributed by atoms with van der Waals surface area (Å²) in [6, 6.07) is 4.47. The molecule has 0 aliphatic heterocycles. The fraction of sp³-hybridized carbons (Fsp3) is 0.400. The summed E-state index contributed by atoms with van der Waals surface area (Å²) in [5, 5.41) is 0. The SMILES string of the molecule is CCCc1ccc(I)cc1C(F)(F)F. The molecule has 0 atom stereocenters. The van der Waals surface area contributed by atoms with Gasteiger partial charge in [-0.1, -0.05) is 19.4 Å². The van der Waals surface area contributed by atoms with Gasteiger partial charge in [0.25, 0.3) is 0 Å². The van der Waals surface area contributed by atoms with Gasteiger partial charge >= 0.3 is 6.18 Å². The van der Waals surface area contributed by atoms with Crippen LogP contribution in [0.2, 0.25) is 0 Å². The van der Waals surface area contributed by atoms with Crippen molar-refractivity contribution < 1.29 is 13.2 Å². The Kier molecular flexibility index (Phi) is 3.80. The number of aryl methyl sites for hydroxylation is 1. The van der Waals surface area contributed by atoms with Gasteiger partial charge in [0, 0.05) is 3.57 Å². The third-order valence-electron chi connectivity index (χ3n) is 1.90. The van der Waals surface area contributed by atoms with Crippen LogP contribution in [-0.2, 0) is 12.6 Å². The van der Waals surface area contributed by atoms with E-state index in [0.29, 0.717) is 15.6 Å². The molecular weight excluding hydrogens is 304 g/mol. The van der Waals surface area contributed by atoms with Crippen LogP contribution in [0.25, 0.3) is 0 Å². The summed E-state index contributed by atoms with van der Waals surface area (Å²) in [5.41, 5.74) is -0.105. The van der Waals surface area contributed by atoms with E-state index in [4.69, 9.17) is 0 Å². The van der Waals surface area contributed by atoms with Gasteiger partial charge in [-0.25, -0.2) is 0 Å². The van der Waals surface area contributed by atoms with Crippen LogP contribution in [-0.4, -0.2) is 0 Å². The molecule has 0 amide bonds. The molecule has 4 heteroatoms. The lowest BCUT2D eigenvalue weighted by Crippen LogP contribution is -2.09. The normalized spacial score (nSPS) is 11.8. The van der Waals surface area contributed by atoms with Crippen LogP contribution in [0.3, 0.4) is 0 Å². The smallest absolute Gasteiger partial charge is 0.166 e. The summed E-state index contributed by atoms with van der Waals surface area (Å²) in [5.74, 6) is 0. The van der Waals surface area contributed by atoms with Crippen molar-refractivity contribution in [1.29, 1.82) is 0 Å². The van der Waals surface area contributed by atoms with Crippen LogP contribution >= 0.6 is 22.6 Å². The van der Waals surface area contributed by atoms with Crippen molar-refractivity contribution in [3.63, 3.8) is 0 Å². The number of halogens is 4. The maximum Gasteiger partial charge on any atom is 0.416 e. The Morgan fingerprint density at radius 1 is 1.29 bits per heavy atom. The molecule has 1 rings (SSSR count). The number of hydrogen-bond acceptors (Lipinski definition) is 0. The third-order valence-corrected chi connectivity index (χ3v) is 2.57. The highest BCUT2D eigenvalue weighted by Gasteiger charge is 2.32. The topological polar surface area (TPSA) is 0 Å². The van der Waals surface area contributed by atoms with Gasteiger partial charge in [-0.15, -0.1) is 0 Å². The van der Waals surface area contributed by atoms with E-state index in [1.807, 2.05) is 29.5 Å². The van der Waals surface area contributed by atoms with Gasteiger partial charge in [-0.3, -0.25) is 0 Å². The Hall–Kier alpha value is -0.260. The standard InChI is InChI=1S/C10H10F3I/c1-2-3-7-4-5-8(14)6-9(7)10(11,12)13/h4-6H,2-3H2,1H3. The zero-order chi connectivity index (χ0) is 10.8. The predicted molar refractivity (Wildman–Crippen MR) is 58.2 cm³/mol. The molecule has 0 aliphatic carbocycles. The summed E-state index contributed by atoms with van der Waals surface area (Å²) in [6.45, 7) is 1.87. The van der Waals surface area contributed by atoms with E-state index in [1.165, 1.54) is 6.07 Å². The van der Waals surface area contributed by atoms with Crippen molar-refractivity contribution in [3.05, 3.63) is 32.9 Å². The number of benzene rings is 1. The van der Waals surface area contributed by atoms with Crippen LogP contribution < -0.4 is 0 Å². The van der Waals surface area contributed by atoms with E-state index in [1.54, 1.807) is 12.1 Å². The van der Waals surface area contributed by atoms with Crippen molar-refractivity contribution in [2.75, 3.05) is 0 Å². The van der Waals surface area contributed by atoms with Gasteiger partial charge in [0.1, 0.15) is 0 Å². The van der Waals surface area contributed by atoms with Gasteiger partial charge in [0.2, 0.25) is 0 Å². The minimum absolute atomic E-state index is 0.389. The fourth-order valence-electron chi connectivity index (χ4n) is 1.30. The Morgan fingerprint density at radius 2 is 1.93 bits per heavy atom. The summed E-state index contributed by atoms with van der Waals surface area (Å²) in [6.07, 6.45) is -3.03. The molecule has 0 heterocycles. The first-order chi connectivity index (χ1) is 6.45. The van der Waals surface area contributed by atoms with E-state index >= 15 is 0 Å². The van der Waals surface area contributed by atoms with Gasteiger partial charge < -0.3 is 0 Å². The fourth-order valence-corrected chi connectivity index (χ4v) is 1.79. The second-order valence-electron chi connectivity index (χ2n) is 3.05. The van der Waals surface area contributed by atoms with Crippen molar-refractivity contribution >= 4 is 22.6 Å². The molecule has 1 aromatic rings. The molecule has 0 nitrogen and oxygen atoms in total. The monoisotopic (exact) mass is 314 g/mol. The zero-order valence-electron chi connectivity index (χ0n) is 7.66. The Labute approximate surface area is 94.6 Å². The van der Waals surface area contributed by atoms with Crippen LogP contribution in [0.1, 0.15) is 24.5 Å². The molecule has 0 saturated carbocycles. The number of alkyl halides is 3. The molecule has 0 spiro atoms. The minimum atomic E-state index is -4.23. The third kappa shape index (κ3) is 2.87. The van der Waals surface area contributed by atoms with E-state index in [2.05, 4.69) is 0 Å². The molecule has 0 radical (unpaired) electrons. The van der Waals surface area contributed by atoms with Gasteiger partial charge in [-0.2, -0.15) is 13.2 Å². The van der Waals surface area contributed by atoms with Crippen LogP contribution in [0.4, 0.5) is 13.2 Å². The average Bonchev–Trinajstić information content (AvgIpc) is 2.07. The highest BCUT2D eigenvalue weighted by molar-refractivity contribution is 14.1. The summed E-state index contributed by atoms with van der Waals surface area (Å²) >= 11 is 1.89. The molecule has 0 saturated heterocycles. The Morgan fingerprint density at radius 3 is 2.43 bits per heavy atom. The maximum atomic E-state index is 12.5. The molecule has 0 aromatic heterocycles. The highest BCUT2D eigenvalue weighted by Crippen LogP contribution is 2.33. The van der Waals surface area contributed by atoms with Gasteiger partial charge in [-0.05, 0) is 46.7 Å². The first-order valence-corrected chi connectivity index (χ1v) is 5.38. The molecule has 0 N–H and O–H groups in total. The van der Waals surface area contributed by atoms with Crippen LogP contribution in [0, 0.1) is 3.57 Å². The molecule has 0 fully saturated rings. The van der Waals surface area contributed by atoms with Crippen molar-refractivity contribution in [2.45, 2.75) is 25.9 Å². The number of rotatable bonds is 2. The lowest BCUT2D eigenvalue weighted by atomic mass is 10.0. The quantitative estimate of drug-likeness (QED) is 0.716.